The molecule has 31 heavy (non-hydrogen) atoms. The van der Waals surface area contributed by atoms with Gasteiger partial charge in [0, 0.05) is 26.7 Å². The van der Waals surface area contributed by atoms with Crippen LogP contribution >= 0.6 is 23.6 Å². The molecule has 2 unspecified atom stereocenters. The first-order valence-electron chi connectivity index (χ1n) is 10.5. The Morgan fingerprint density at radius 2 is 2.19 bits per heavy atom. The molecule has 8 nitrogen and oxygen atoms in total. The van der Waals surface area contributed by atoms with E-state index in [4.69, 9.17) is 17.0 Å². The summed E-state index contributed by atoms with van der Waals surface area (Å²) in [5.41, 5.74) is -0.528. The predicted molar refractivity (Wildman–Crippen MR) is 124 cm³/mol. The lowest BCUT2D eigenvalue weighted by Gasteiger charge is -2.36. The van der Waals surface area contributed by atoms with Crippen LogP contribution in [0.15, 0.2) is 17.5 Å². The van der Waals surface area contributed by atoms with Crippen molar-refractivity contribution in [1.82, 2.24) is 24.6 Å². The zero-order valence-corrected chi connectivity index (χ0v) is 20.4. The van der Waals surface area contributed by atoms with Gasteiger partial charge in [-0.1, -0.05) is 6.07 Å². The molecule has 2 amide bonds. The molecule has 0 bridgehead atoms. The summed E-state index contributed by atoms with van der Waals surface area (Å²) in [6.07, 6.45) is 1.53. The van der Waals surface area contributed by atoms with E-state index in [-0.39, 0.29) is 17.9 Å². The molecule has 3 heterocycles. The van der Waals surface area contributed by atoms with Gasteiger partial charge in [0.15, 0.2) is 10.6 Å². The van der Waals surface area contributed by atoms with Gasteiger partial charge in [-0.2, -0.15) is 5.10 Å². The largest absolute Gasteiger partial charge is 0.444 e. The normalized spacial score (nSPS) is 18.0. The maximum atomic E-state index is 13.3. The van der Waals surface area contributed by atoms with Crippen LogP contribution in [-0.4, -0.2) is 68.8 Å². The van der Waals surface area contributed by atoms with Crippen LogP contribution in [0, 0.1) is 10.7 Å². The van der Waals surface area contributed by atoms with Crippen LogP contribution in [0.25, 0.3) is 10.7 Å². The summed E-state index contributed by atoms with van der Waals surface area (Å²) in [6, 6.07) is 3.45. The van der Waals surface area contributed by atoms with Gasteiger partial charge in [0.2, 0.25) is 5.91 Å². The molecule has 1 aliphatic rings. The number of thiophene rings is 1. The summed E-state index contributed by atoms with van der Waals surface area (Å²) < 4.78 is 7.67. The second kappa shape index (κ2) is 9.52. The minimum absolute atomic E-state index is 0.0138. The molecule has 10 heteroatoms. The van der Waals surface area contributed by atoms with Crippen LogP contribution in [-0.2, 0) is 9.53 Å². The lowest BCUT2D eigenvalue weighted by molar-refractivity contribution is -0.136. The number of amides is 2. The van der Waals surface area contributed by atoms with Crippen LogP contribution in [0.1, 0.15) is 46.6 Å². The van der Waals surface area contributed by atoms with E-state index < -0.39 is 11.6 Å². The van der Waals surface area contributed by atoms with Gasteiger partial charge >= 0.3 is 6.09 Å². The molecule has 2 aromatic heterocycles. The number of hydrogen-bond acceptors (Lipinski definition) is 6. The number of ether oxygens (including phenoxy) is 1. The van der Waals surface area contributed by atoms with Crippen LogP contribution in [0.3, 0.4) is 0 Å². The summed E-state index contributed by atoms with van der Waals surface area (Å²) in [7, 11) is 1.75. The van der Waals surface area contributed by atoms with Gasteiger partial charge in [0.25, 0.3) is 0 Å². The smallest absolute Gasteiger partial charge is 0.410 e. The van der Waals surface area contributed by atoms with Crippen LogP contribution in [0.2, 0.25) is 0 Å². The zero-order chi connectivity index (χ0) is 22.8. The number of nitrogens with one attached hydrogen (secondary N) is 1. The maximum absolute atomic E-state index is 13.3. The van der Waals surface area contributed by atoms with Crippen molar-refractivity contribution in [2.75, 3.05) is 26.7 Å². The minimum atomic E-state index is -0.528. The Morgan fingerprint density at radius 3 is 2.84 bits per heavy atom. The third-order valence-corrected chi connectivity index (χ3v) is 6.41. The van der Waals surface area contributed by atoms with Crippen LogP contribution < -0.4 is 0 Å². The summed E-state index contributed by atoms with van der Waals surface area (Å²) in [5, 5.41) is 9.13. The van der Waals surface area contributed by atoms with Crippen molar-refractivity contribution >= 4 is 35.6 Å². The van der Waals surface area contributed by atoms with Crippen molar-refractivity contribution in [3.63, 3.8) is 0 Å². The molecule has 1 aliphatic heterocycles. The van der Waals surface area contributed by atoms with E-state index in [1.807, 2.05) is 50.1 Å². The Labute approximate surface area is 192 Å². The quantitative estimate of drug-likeness (QED) is 0.664. The fraction of sp³-hybridized carbons (Fsp3) is 0.619. The molecule has 0 spiro atoms. The highest BCUT2D eigenvalue weighted by atomic mass is 32.1. The first-order chi connectivity index (χ1) is 14.6. The molecule has 0 radical (unpaired) electrons. The first-order valence-corrected chi connectivity index (χ1v) is 11.8. The van der Waals surface area contributed by atoms with Crippen molar-refractivity contribution in [1.29, 1.82) is 0 Å². The molecule has 3 rings (SSSR count). The van der Waals surface area contributed by atoms with Crippen molar-refractivity contribution in [3.05, 3.63) is 22.3 Å². The summed E-state index contributed by atoms with van der Waals surface area (Å²) >= 11 is 6.97. The number of carbonyl (C=O) groups excluding carboxylic acids is 2. The molecule has 2 aromatic rings. The van der Waals surface area contributed by atoms with E-state index in [1.54, 1.807) is 27.9 Å². The number of aromatic amines is 1. The van der Waals surface area contributed by atoms with E-state index in [0.29, 0.717) is 30.2 Å². The number of piperidine rings is 1. The Hall–Kier alpha value is -2.20. The van der Waals surface area contributed by atoms with Gasteiger partial charge < -0.3 is 14.5 Å². The number of carbonyl (C=O) groups is 2. The molecule has 170 valence electrons. The van der Waals surface area contributed by atoms with E-state index in [2.05, 4.69) is 10.2 Å². The second-order valence-corrected chi connectivity index (χ2v) is 10.4. The van der Waals surface area contributed by atoms with Crippen molar-refractivity contribution < 1.29 is 14.3 Å². The Balaban J connectivity index is 1.67. The Kier molecular flexibility index (Phi) is 7.20. The van der Waals surface area contributed by atoms with Gasteiger partial charge in [-0.05, 0) is 70.1 Å². The van der Waals surface area contributed by atoms with E-state index in [9.17, 15) is 9.59 Å². The lowest BCUT2D eigenvalue weighted by Crippen LogP contribution is -2.46. The molecule has 0 aliphatic carbocycles. The van der Waals surface area contributed by atoms with E-state index in [1.165, 1.54) is 0 Å². The molecule has 0 saturated carbocycles. The molecule has 1 saturated heterocycles. The number of H-pyrrole nitrogens is 1. The third-order valence-electron chi connectivity index (χ3n) is 5.26. The van der Waals surface area contributed by atoms with E-state index >= 15 is 0 Å². The summed E-state index contributed by atoms with van der Waals surface area (Å²) in [4.78, 5) is 30.1. The Bertz CT molecular complexity index is 961. The number of hydrogen-bond donors (Lipinski definition) is 1. The predicted octanol–water partition coefficient (Wildman–Crippen LogP) is 4.34. The highest BCUT2D eigenvalue weighted by Gasteiger charge is 2.31. The SMILES string of the molecule is CC(C(=O)N1CCCC(CN(C)C(=O)OC(C)(C)C)C1)n1c(-c2cccs2)n[nH]c1=S. The molecule has 2 atom stereocenters. The molecular weight excluding hydrogens is 434 g/mol. The highest BCUT2D eigenvalue weighted by Crippen LogP contribution is 2.27. The second-order valence-electron chi connectivity index (χ2n) is 9.03. The number of likely N-dealkylation sites (tertiary alicyclic amines) is 1. The van der Waals surface area contributed by atoms with Gasteiger partial charge in [-0.15, -0.1) is 11.3 Å². The monoisotopic (exact) mass is 465 g/mol. The highest BCUT2D eigenvalue weighted by molar-refractivity contribution is 7.71. The van der Waals surface area contributed by atoms with Crippen molar-refractivity contribution in [3.8, 4) is 10.7 Å². The fourth-order valence-electron chi connectivity index (χ4n) is 3.83. The fourth-order valence-corrected chi connectivity index (χ4v) is 4.83. The maximum Gasteiger partial charge on any atom is 0.410 e. The van der Waals surface area contributed by atoms with Crippen LogP contribution in [0.5, 0.6) is 0 Å². The average molecular weight is 466 g/mol. The molecule has 1 fully saturated rings. The third kappa shape index (κ3) is 5.74. The summed E-state index contributed by atoms with van der Waals surface area (Å²) in [5.74, 6) is 0.899. The van der Waals surface area contributed by atoms with Crippen molar-refractivity contribution in [2.24, 2.45) is 5.92 Å². The minimum Gasteiger partial charge on any atom is -0.444 e. The average Bonchev–Trinajstić information content (AvgIpc) is 3.35. The number of aromatic nitrogens is 3. The van der Waals surface area contributed by atoms with Gasteiger partial charge in [0.05, 0.1) is 4.88 Å². The lowest BCUT2D eigenvalue weighted by atomic mass is 9.97. The molecule has 0 aromatic carbocycles. The summed E-state index contributed by atoms with van der Waals surface area (Å²) in [6.45, 7) is 9.29. The van der Waals surface area contributed by atoms with Crippen LogP contribution in [0.4, 0.5) is 4.79 Å². The standard InChI is InChI=1S/C21H31N5O3S2/c1-14(26-17(22-23-19(26)30)16-9-7-11-31-16)18(27)25-10-6-8-15(13-25)12-24(5)20(28)29-21(2,3)4/h7,9,11,14-15H,6,8,10,12-13H2,1-5H3,(H,23,30). The molecular formula is C21H31N5O3S2. The molecule has 1 N–H and O–H groups in total. The number of rotatable bonds is 5. The van der Waals surface area contributed by atoms with Gasteiger partial charge in [0.1, 0.15) is 11.6 Å². The first kappa shape index (κ1) is 23.5. The van der Waals surface area contributed by atoms with Crippen molar-refractivity contribution in [2.45, 2.75) is 52.2 Å². The van der Waals surface area contributed by atoms with Gasteiger partial charge in [-0.3, -0.25) is 14.5 Å². The van der Waals surface area contributed by atoms with Gasteiger partial charge in [-0.25, -0.2) is 4.79 Å². The zero-order valence-electron chi connectivity index (χ0n) is 18.8. The van der Waals surface area contributed by atoms with E-state index in [0.717, 1.165) is 17.7 Å². The topological polar surface area (TPSA) is 83.5 Å². The Morgan fingerprint density at radius 1 is 1.45 bits per heavy atom. The number of nitrogens with zero attached hydrogens (tertiary/aromatic N) is 4.